The number of hydrogen-bond acceptors (Lipinski definition) is 4. The lowest BCUT2D eigenvalue weighted by molar-refractivity contribution is -0.387. The lowest BCUT2D eigenvalue weighted by Gasteiger charge is -2.17. The molecule has 0 aliphatic heterocycles. The minimum Gasteiger partial charge on any atom is -0.258 e. The number of para-hydroxylation sites is 1. The Kier molecular flexibility index (Phi) is 8.18. The molecule has 2 aromatic rings. The van der Waals surface area contributed by atoms with Crippen LogP contribution in [0.1, 0.15) is 24.0 Å². The summed E-state index contributed by atoms with van der Waals surface area (Å²) in [7, 11) is -2.44. The molecule has 0 bridgehead atoms. The van der Waals surface area contributed by atoms with Crippen molar-refractivity contribution in [1.82, 2.24) is 4.31 Å². The number of aryl methyl sites for hydroxylation is 2. The van der Waals surface area contributed by atoms with Gasteiger partial charge in [0.15, 0.2) is 4.90 Å². The molecule has 0 aliphatic carbocycles. The van der Waals surface area contributed by atoms with Gasteiger partial charge in [-0.3, -0.25) is 10.1 Å². The number of sulfonamides is 1. The standard InChI is InChI=1S/C19H23IN2O4S/c1-21(27(25,26)19-9-3-2-8-18(19)22(23)24)15-5-7-17-12-10-16(11-13-17)6-4-14-20/h2-3,8-13H,4-7,14-15H2,1H3. The summed E-state index contributed by atoms with van der Waals surface area (Å²) in [4.78, 5) is 10.2. The highest BCUT2D eigenvalue weighted by Gasteiger charge is 2.28. The van der Waals surface area contributed by atoms with E-state index in [-0.39, 0.29) is 4.90 Å². The normalized spacial score (nSPS) is 11.7. The van der Waals surface area contributed by atoms with Gasteiger partial charge >= 0.3 is 0 Å². The Labute approximate surface area is 173 Å². The molecule has 8 heteroatoms. The van der Waals surface area contributed by atoms with Crippen molar-refractivity contribution in [2.75, 3.05) is 18.0 Å². The summed E-state index contributed by atoms with van der Waals surface area (Å²) < 4.78 is 27.7. The zero-order valence-electron chi connectivity index (χ0n) is 15.2. The summed E-state index contributed by atoms with van der Waals surface area (Å²) >= 11 is 2.37. The highest BCUT2D eigenvalue weighted by molar-refractivity contribution is 14.1. The summed E-state index contributed by atoms with van der Waals surface area (Å²) in [5.41, 5.74) is 2.07. The minimum absolute atomic E-state index is 0.267. The number of halogens is 1. The van der Waals surface area contributed by atoms with E-state index in [1.165, 1.54) is 41.2 Å². The molecule has 2 aromatic carbocycles. The number of nitrogens with zero attached hydrogens (tertiary/aromatic N) is 2. The number of hydrogen-bond donors (Lipinski definition) is 0. The lowest BCUT2D eigenvalue weighted by Crippen LogP contribution is -2.28. The van der Waals surface area contributed by atoms with Crippen LogP contribution in [0.15, 0.2) is 53.4 Å². The third kappa shape index (κ3) is 5.98. The van der Waals surface area contributed by atoms with E-state index in [4.69, 9.17) is 0 Å². The Balaban J connectivity index is 1.97. The van der Waals surface area contributed by atoms with Crippen molar-refractivity contribution >= 4 is 38.3 Å². The van der Waals surface area contributed by atoms with E-state index in [9.17, 15) is 18.5 Å². The summed E-state index contributed by atoms with van der Waals surface area (Å²) in [6.45, 7) is 0.297. The number of rotatable bonds is 10. The fourth-order valence-electron chi connectivity index (χ4n) is 2.76. The second-order valence-electron chi connectivity index (χ2n) is 6.26. The summed E-state index contributed by atoms with van der Waals surface area (Å²) in [6.07, 6.45) is 3.63. The van der Waals surface area contributed by atoms with E-state index >= 15 is 0 Å². The van der Waals surface area contributed by atoms with Crippen molar-refractivity contribution in [1.29, 1.82) is 0 Å². The fourth-order valence-corrected chi connectivity index (χ4v) is 4.51. The van der Waals surface area contributed by atoms with Crippen LogP contribution in [0.2, 0.25) is 0 Å². The van der Waals surface area contributed by atoms with Crippen LogP contribution >= 0.6 is 22.6 Å². The number of nitro groups is 1. The van der Waals surface area contributed by atoms with Gasteiger partial charge in [-0.05, 0) is 47.3 Å². The highest BCUT2D eigenvalue weighted by atomic mass is 127. The molecule has 0 radical (unpaired) electrons. The molecule has 0 atom stereocenters. The summed E-state index contributed by atoms with van der Waals surface area (Å²) in [6, 6.07) is 13.8. The van der Waals surface area contributed by atoms with Crippen LogP contribution in [0.4, 0.5) is 5.69 Å². The largest absolute Gasteiger partial charge is 0.289 e. The van der Waals surface area contributed by atoms with Crippen LogP contribution < -0.4 is 0 Å². The molecule has 0 fully saturated rings. The number of nitro benzene ring substituents is 1. The van der Waals surface area contributed by atoms with Crippen LogP contribution in [0.5, 0.6) is 0 Å². The van der Waals surface area contributed by atoms with Crippen LogP contribution in [-0.2, 0) is 22.9 Å². The maximum absolute atomic E-state index is 12.7. The van der Waals surface area contributed by atoms with Gasteiger partial charge in [0.25, 0.3) is 5.69 Å². The van der Waals surface area contributed by atoms with Crippen LogP contribution in [0.3, 0.4) is 0 Å². The zero-order chi connectivity index (χ0) is 19.9. The first-order chi connectivity index (χ1) is 12.9. The molecule has 0 aliphatic rings. The molecule has 0 N–H and O–H groups in total. The second kappa shape index (κ2) is 10.1. The Morgan fingerprint density at radius 2 is 1.56 bits per heavy atom. The van der Waals surface area contributed by atoms with Crippen molar-refractivity contribution < 1.29 is 13.3 Å². The van der Waals surface area contributed by atoms with Gasteiger partial charge in [0.2, 0.25) is 10.0 Å². The van der Waals surface area contributed by atoms with Gasteiger partial charge in [0, 0.05) is 19.7 Å². The SMILES string of the molecule is CN(CCCc1ccc(CCCI)cc1)S(=O)(=O)c1ccccc1[N+](=O)[O-]. The molecular formula is C19H23IN2O4S. The minimum atomic E-state index is -3.90. The van der Waals surface area contributed by atoms with Gasteiger partial charge in [-0.1, -0.05) is 59.0 Å². The average molecular weight is 502 g/mol. The quantitative estimate of drug-likeness (QED) is 0.211. The van der Waals surface area contributed by atoms with Crippen LogP contribution in [0, 0.1) is 10.1 Å². The topological polar surface area (TPSA) is 80.5 Å². The Morgan fingerprint density at radius 1 is 1.00 bits per heavy atom. The average Bonchev–Trinajstić information content (AvgIpc) is 2.67. The number of benzene rings is 2. The van der Waals surface area contributed by atoms with Gasteiger partial charge in [0.1, 0.15) is 0 Å². The monoisotopic (exact) mass is 502 g/mol. The molecule has 0 heterocycles. The first kappa shape index (κ1) is 21.8. The smallest absolute Gasteiger partial charge is 0.258 e. The van der Waals surface area contributed by atoms with E-state index in [1.54, 1.807) is 0 Å². The predicted molar refractivity (Wildman–Crippen MR) is 115 cm³/mol. The van der Waals surface area contributed by atoms with E-state index in [1.807, 2.05) is 0 Å². The Hall–Kier alpha value is -1.52. The molecule has 0 amide bonds. The van der Waals surface area contributed by atoms with Gasteiger partial charge in [0.05, 0.1) is 4.92 Å². The van der Waals surface area contributed by atoms with Crippen LogP contribution in [0.25, 0.3) is 0 Å². The number of alkyl halides is 1. The molecule has 0 saturated carbocycles. The van der Waals surface area contributed by atoms with E-state index < -0.39 is 20.6 Å². The van der Waals surface area contributed by atoms with E-state index in [0.717, 1.165) is 29.3 Å². The molecule has 0 aromatic heterocycles. The third-order valence-corrected chi connectivity index (χ3v) is 6.98. The van der Waals surface area contributed by atoms with E-state index in [2.05, 4.69) is 46.9 Å². The molecular weight excluding hydrogens is 479 g/mol. The Bertz CT molecular complexity index is 870. The van der Waals surface area contributed by atoms with Crippen molar-refractivity contribution in [2.45, 2.75) is 30.6 Å². The maximum Gasteiger partial charge on any atom is 0.289 e. The maximum atomic E-state index is 12.7. The summed E-state index contributed by atoms with van der Waals surface area (Å²) in [5, 5.41) is 11.1. The summed E-state index contributed by atoms with van der Waals surface area (Å²) in [5.74, 6) is 0. The first-order valence-corrected chi connectivity index (χ1v) is 11.7. The van der Waals surface area contributed by atoms with Gasteiger partial charge in [-0.25, -0.2) is 12.7 Å². The first-order valence-electron chi connectivity index (χ1n) is 8.70. The third-order valence-electron chi connectivity index (χ3n) is 4.31. The van der Waals surface area contributed by atoms with Gasteiger partial charge < -0.3 is 0 Å². The lowest BCUT2D eigenvalue weighted by atomic mass is 10.0. The van der Waals surface area contributed by atoms with Crippen molar-refractivity contribution in [3.8, 4) is 0 Å². The van der Waals surface area contributed by atoms with Gasteiger partial charge in [-0.15, -0.1) is 0 Å². The van der Waals surface area contributed by atoms with Crippen molar-refractivity contribution in [3.63, 3.8) is 0 Å². The van der Waals surface area contributed by atoms with E-state index in [0.29, 0.717) is 13.0 Å². The Morgan fingerprint density at radius 3 is 2.11 bits per heavy atom. The van der Waals surface area contributed by atoms with Crippen molar-refractivity contribution in [2.24, 2.45) is 0 Å². The van der Waals surface area contributed by atoms with Crippen molar-refractivity contribution in [3.05, 3.63) is 69.8 Å². The van der Waals surface area contributed by atoms with Crippen LogP contribution in [-0.4, -0.2) is 35.7 Å². The molecule has 146 valence electrons. The predicted octanol–water partition coefficient (Wildman–Crippen LogP) is 4.22. The molecule has 27 heavy (non-hydrogen) atoms. The highest BCUT2D eigenvalue weighted by Crippen LogP contribution is 2.25. The molecule has 0 unspecified atom stereocenters. The molecule has 6 nitrogen and oxygen atoms in total. The molecule has 0 saturated heterocycles. The van der Waals surface area contributed by atoms with Gasteiger partial charge in [-0.2, -0.15) is 0 Å². The zero-order valence-corrected chi connectivity index (χ0v) is 18.1. The molecule has 2 rings (SSSR count). The fraction of sp³-hybridized carbons (Fsp3) is 0.368. The molecule has 0 spiro atoms. The second-order valence-corrected chi connectivity index (χ2v) is 9.36.